The molecule has 7 nitrogen and oxygen atoms in total. The second-order valence-corrected chi connectivity index (χ2v) is 5.40. The molecular formula is C16H16O7. The van der Waals surface area contributed by atoms with Gasteiger partial charge in [0.25, 0.3) is 0 Å². The molecule has 122 valence electrons. The summed E-state index contributed by atoms with van der Waals surface area (Å²) in [6, 6.07) is 4.41. The van der Waals surface area contributed by atoms with Crippen LogP contribution >= 0.6 is 0 Å². The fourth-order valence-electron chi connectivity index (χ4n) is 3.14. The summed E-state index contributed by atoms with van der Waals surface area (Å²) in [6.45, 7) is 0. The molecule has 0 radical (unpaired) electrons. The number of aromatic hydroxyl groups is 1. The Balaban J connectivity index is 2.41. The molecule has 0 saturated carbocycles. The van der Waals surface area contributed by atoms with Gasteiger partial charge >= 0.3 is 5.97 Å². The van der Waals surface area contributed by atoms with Crippen LogP contribution in [-0.4, -0.2) is 36.5 Å². The van der Waals surface area contributed by atoms with Gasteiger partial charge in [-0.25, -0.2) is 4.79 Å². The van der Waals surface area contributed by atoms with E-state index in [4.69, 9.17) is 9.15 Å². The number of hydrogen-bond acceptors (Lipinski definition) is 7. The zero-order chi connectivity index (χ0) is 16.8. The lowest BCUT2D eigenvalue weighted by molar-refractivity contribution is -0.183. The Morgan fingerprint density at radius 3 is 2.78 bits per heavy atom. The zero-order valence-electron chi connectivity index (χ0n) is 12.7. The smallest absolute Gasteiger partial charge is 0.345 e. The molecule has 1 heterocycles. The molecule has 0 aliphatic heterocycles. The number of ether oxygens (including phenoxy) is 2. The van der Waals surface area contributed by atoms with Crippen LogP contribution in [0.25, 0.3) is 11.0 Å². The topological polar surface area (TPSA) is 106 Å². The van der Waals surface area contributed by atoms with Gasteiger partial charge < -0.3 is 24.1 Å². The average Bonchev–Trinajstić information content (AvgIpc) is 2.54. The van der Waals surface area contributed by atoms with Crippen molar-refractivity contribution >= 4 is 16.9 Å². The van der Waals surface area contributed by atoms with Crippen LogP contribution in [0.1, 0.15) is 17.7 Å². The third-order valence-corrected chi connectivity index (χ3v) is 4.23. The molecule has 2 atom stereocenters. The first-order valence-corrected chi connectivity index (χ1v) is 7.06. The predicted molar refractivity (Wildman–Crippen MR) is 79.2 cm³/mol. The number of rotatable bonds is 2. The molecule has 0 unspecified atom stereocenters. The Kier molecular flexibility index (Phi) is 3.62. The van der Waals surface area contributed by atoms with Crippen molar-refractivity contribution in [3.05, 3.63) is 39.7 Å². The van der Waals surface area contributed by atoms with Crippen molar-refractivity contribution in [1.29, 1.82) is 0 Å². The number of hydrogen-bond donors (Lipinski definition) is 2. The fourth-order valence-corrected chi connectivity index (χ4v) is 3.14. The number of carbonyl (C=O) groups is 1. The standard InChI is InChI=1S/C16H16O7/c1-21-11-7-6-10-13(16(11,20)15(19)22-2)14(18)12-8(17)4-3-5-9(12)23-10/h3-5,11,17,20H,6-7H2,1-2H3/t11-,16+/m1/s1. The van der Waals surface area contributed by atoms with Crippen LogP contribution in [0.5, 0.6) is 5.75 Å². The summed E-state index contributed by atoms with van der Waals surface area (Å²) in [5.74, 6) is -1.10. The maximum Gasteiger partial charge on any atom is 0.345 e. The number of fused-ring (bicyclic) bond motifs is 2. The van der Waals surface area contributed by atoms with Crippen LogP contribution in [0.4, 0.5) is 0 Å². The molecule has 0 saturated heterocycles. The molecule has 1 aromatic carbocycles. The minimum atomic E-state index is -2.28. The monoisotopic (exact) mass is 320 g/mol. The van der Waals surface area contributed by atoms with Crippen molar-refractivity contribution in [1.82, 2.24) is 0 Å². The lowest BCUT2D eigenvalue weighted by atomic mass is 9.78. The number of phenols is 1. The lowest BCUT2D eigenvalue weighted by Crippen LogP contribution is -2.54. The third-order valence-electron chi connectivity index (χ3n) is 4.23. The number of carbonyl (C=O) groups excluding carboxylic acids is 1. The Bertz CT molecular complexity index is 838. The van der Waals surface area contributed by atoms with Gasteiger partial charge in [-0.2, -0.15) is 0 Å². The number of esters is 1. The molecule has 0 spiro atoms. The second kappa shape index (κ2) is 5.36. The Morgan fingerprint density at radius 1 is 1.39 bits per heavy atom. The summed E-state index contributed by atoms with van der Waals surface area (Å²) in [4.78, 5) is 25.0. The SMILES string of the molecule is COC(=O)[C@@]1(O)c2c(oc3cccc(O)c3c2=O)CC[C@H]1OC. The number of aliphatic hydroxyl groups is 1. The summed E-state index contributed by atoms with van der Waals surface area (Å²) < 4.78 is 15.5. The molecule has 1 aliphatic rings. The van der Waals surface area contributed by atoms with E-state index in [9.17, 15) is 19.8 Å². The van der Waals surface area contributed by atoms with E-state index in [1.54, 1.807) is 6.07 Å². The van der Waals surface area contributed by atoms with Gasteiger partial charge in [-0.1, -0.05) is 6.07 Å². The summed E-state index contributed by atoms with van der Waals surface area (Å²) in [6.07, 6.45) is -0.357. The first-order valence-electron chi connectivity index (χ1n) is 7.06. The molecule has 1 aromatic heterocycles. The van der Waals surface area contributed by atoms with E-state index in [0.717, 1.165) is 7.11 Å². The predicted octanol–water partition coefficient (Wildman–Crippen LogP) is 0.820. The molecule has 7 heteroatoms. The molecule has 2 N–H and O–H groups in total. The number of phenolic OH excluding ortho intramolecular Hbond substituents is 1. The van der Waals surface area contributed by atoms with Gasteiger partial charge in [0.2, 0.25) is 11.0 Å². The summed E-state index contributed by atoms with van der Waals surface area (Å²) >= 11 is 0. The quantitative estimate of drug-likeness (QED) is 0.789. The van der Waals surface area contributed by atoms with Crippen LogP contribution in [0.15, 0.2) is 27.4 Å². The highest BCUT2D eigenvalue weighted by atomic mass is 16.6. The summed E-state index contributed by atoms with van der Waals surface area (Å²) in [7, 11) is 2.45. The first kappa shape index (κ1) is 15.5. The molecule has 0 fully saturated rings. The molecule has 2 aromatic rings. The maximum atomic E-state index is 12.8. The van der Waals surface area contributed by atoms with Gasteiger partial charge in [0.15, 0.2) is 0 Å². The van der Waals surface area contributed by atoms with Crippen molar-refractivity contribution in [3.63, 3.8) is 0 Å². The van der Waals surface area contributed by atoms with Crippen molar-refractivity contribution in [2.75, 3.05) is 14.2 Å². The number of methoxy groups -OCH3 is 2. The largest absolute Gasteiger partial charge is 0.507 e. The van der Waals surface area contributed by atoms with Gasteiger partial charge in [0.05, 0.1) is 12.7 Å². The third kappa shape index (κ3) is 2.04. The molecule has 3 rings (SSSR count). The van der Waals surface area contributed by atoms with E-state index in [1.807, 2.05) is 0 Å². The molecule has 23 heavy (non-hydrogen) atoms. The molecule has 1 aliphatic carbocycles. The van der Waals surface area contributed by atoms with E-state index in [0.29, 0.717) is 6.42 Å². The summed E-state index contributed by atoms with van der Waals surface area (Å²) in [5.41, 5.74) is -3.00. The molecule has 0 bridgehead atoms. The van der Waals surface area contributed by atoms with Crippen molar-refractivity contribution < 1.29 is 28.9 Å². The van der Waals surface area contributed by atoms with Crippen LogP contribution < -0.4 is 5.43 Å². The van der Waals surface area contributed by atoms with Crippen LogP contribution in [0, 0.1) is 0 Å². The molecular weight excluding hydrogens is 304 g/mol. The van der Waals surface area contributed by atoms with Gasteiger partial charge in [0.1, 0.15) is 28.6 Å². The van der Waals surface area contributed by atoms with Crippen molar-refractivity contribution in [2.24, 2.45) is 0 Å². The van der Waals surface area contributed by atoms with Crippen LogP contribution in [-0.2, 0) is 26.3 Å². The first-order chi connectivity index (χ1) is 10.9. The number of aryl methyl sites for hydroxylation is 1. The van der Waals surface area contributed by atoms with Crippen LogP contribution in [0.3, 0.4) is 0 Å². The van der Waals surface area contributed by atoms with Crippen molar-refractivity contribution in [2.45, 2.75) is 24.5 Å². The Morgan fingerprint density at radius 2 is 2.13 bits per heavy atom. The van der Waals surface area contributed by atoms with Gasteiger partial charge in [-0.15, -0.1) is 0 Å². The van der Waals surface area contributed by atoms with Crippen molar-refractivity contribution in [3.8, 4) is 5.75 Å². The lowest BCUT2D eigenvalue weighted by Gasteiger charge is -2.36. The highest BCUT2D eigenvalue weighted by Crippen LogP contribution is 2.38. The van der Waals surface area contributed by atoms with Crippen LogP contribution in [0.2, 0.25) is 0 Å². The maximum absolute atomic E-state index is 12.8. The zero-order valence-corrected chi connectivity index (χ0v) is 12.7. The van der Waals surface area contributed by atoms with E-state index in [2.05, 4.69) is 4.74 Å². The minimum Gasteiger partial charge on any atom is -0.507 e. The van der Waals surface area contributed by atoms with Gasteiger partial charge in [0, 0.05) is 13.5 Å². The van der Waals surface area contributed by atoms with E-state index in [1.165, 1.54) is 19.2 Å². The fraction of sp³-hybridized carbons (Fsp3) is 0.375. The Labute approximate surface area is 131 Å². The van der Waals surface area contributed by atoms with E-state index in [-0.39, 0.29) is 34.5 Å². The highest BCUT2D eigenvalue weighted by Gasteiger charge is 2.53. The normalized spacial score (nSPS) is 23.5. The minimum absolute atomic E-state index is 0.0923. The number of benzene rings is 1. The Hall–Kier alpha value is -2.38. The van der Waals surface area contributed by atoms with E-state index < -0.39 is 23.1 Å². The average molecular weight is 320 g/mol. The van der Waals surface area contributed by atoms with Gasteiger partial charge in [-0.3, -0.25) is 4.79 Å². The second-order valence-electron chi connectivity index (χ2n) is 5.40. The summed E-state index contributed by atoms with van der Waals surface area (Å²) in [5, 5.41) is 20.8. The van der Waals surface area contributed by atoms with Gasteiger partial charge in [-0.05, 0) is 18.6 Å². The highest BCUT2D eigenvalue weighted by molar-refractivity contribution is 5.88. The molecule has 0 amide bonds. The van der Waals surface area contributed by atoms with E-state index >= 15 is 0 Å².